The quantitative estimate of drug-likeness (QED) is 0.919. The molecular formula is C17H22N4. The Labute approximate surface area is 125 Å². The lowest BCUT2D eigenvalue weighted by molar-refractivity contribution is 0.460. The van der Waals surface area contributed by atoms with Crippen molar-refractivity contribution in [2.75, 3.05) is 6.54 Å². The van der Waals surface area contributed by atoms with Crippen molar-refractivity contribution >= 4 is 0 Å². The van der Waals surface area contributed by atoms with Gasteiger partial charge in [0.15, 0.2) is 5.82 Å². The van der Waals surface area contributed by atoms with Crippen molar-refractivity contribution in [3.63, 3.8) is 0 Å². The van der Waals surface area contributed by atoms with Gasteiger partial charge in [-0.3, -0.25) is 4.98 Å². The third-order valence-electron chi connectivity index (χ3n) is 4.25. The zero-order chi connectivity index (χ0) is 15.0. The Morgan fingerprint density at radius 2 is 1.81 bits per heavy atom. The molecular weight excluding hydrogens is 260 g/mol. The van der Waals surface area contributed by atoms with Gasteiger partial charge in [-0.15, -0.1) is 0 Å². The van der Waals surface area contributed by atoms with Crippen LogP contribution in [0.1, 0.15) is 34.8 Å². The van der Waals surface area contributed by atoms with Gasteiger partial charge in [0.25, 0.3) is 0 Å². The van der Waals surface area contributed by atoms with E-state index in [9.17, 15) is 0 Å². The van der Waals surface area contributed by atoms with E-state index in [4.69, 9.17) is 15.7 Å². The van der Waals surface area contributed by atoms with Gasteiger partial charge in [0.2, 0.25) is 0 Å². The molecule has 2 aromatic rings. The fourth-order valence-corrected chi connectivity index (χ4v) is 3.15. The molecule has 2 aromatic heterocycles. The van der Waals surface area contributed by atoms with E-state index in [0.717, 1.165) is 54.3 Å². The largest absolute Gasteiger partial charge is 0.330 e. The first kappa shape index (κ1) is 14.1. The fraction of sp³-hybridized carbons (Fsp3) is 0.471. The molecule has 2 heterocycles. The summed E-state index contributed by atoms with van der Waals surface area (Å²) >= 11 is 0. The number of rotatable bonds is 2. The molecule has 0 saturated carbocycles. The van der Waals surface area contributed by atoms with E-state index in [0.29, 0.717) is 5.92 Å². The third-order valence-corrected chi connectivity index (χ3v) is 4.25. The highest BCUT2D eigenvalue weighted by Gasteiger charge is 2.22. The summed E-state index contributed by atoms with van der Waals surface area (Å²) in [5, 5.41) is 0. The summed E-state index contributed by atoms with van der Waals surface area (Å²) in [6.07, 6.45) is 3.16. The van der Waals surface area contributed by atoms with Gasteiger partial charge >= 0.3 is 0 Å². The van der Waals surface area contributed by atoms with Crippen LogP contribution < -0.4 is 5.73 Å². The highest BCUT2D eigenvalue weighted by atomic mass is 14.9. The van der Waals surface area contributed by atoms with E-state index < -0.39 is 0 Å². The van der Waals surface area contributed by atoms with Crippen molar-refractivity contribution in [1.82, 2.24) is 15.0 Å². The van der Waals surface area contributed by atoms with E-state index in [-0.39, 0.29) is 0 Å². The normalized spacial score (nSPS) is 17.6. The SMILES string of the molecule is Cc1cc(-c2nc(C)c3c(n2)CCC(CN)C3)cc(C)n1. The topological polar surface area (TPSA) is 64.7 Å². The molecule has 1 atom stereocenters. The molecule has 2 N–H and O–H groups in total. The lowest BCUT2D eigenvalue weighted by atomic mass is 9.86. The molecule has 0 aromatic carbocycles. The van der Waals surface area contributed by atoms with Crippen LogP contribution in [0.3, 0.4) is 0 Å². The Bertz CT molecular complexity index is 658. The Morgan fingerprint density at radius 1 is 1.10 bits per heavy atom. The van der Waals surface area contributed by atoms with Crippen molar-refractivity contribution in [3.05, 3.63) is 40.5 Å². The van der Waals surface area contributed by atoms with E-state index >= 15 is 0 Å². The maximum atomic E-state index is 5.82. The first-order valence-corrected chi connectivity index (χ1v) is 7.59. The van der Waals surface area contributed by atoms with E-state index in [1.807, 2.05) is 13.8 Å². The second-order valence-electron chi connectivity index (χ2n) is 6.04. The Morgan fingerprint density at radius 3 is 2.48 bits per heavy atom. The number of hydrogen-bond acceptors (Lipinski definition) is 4. The van der Waals surface area contributed by atoms with Crippen molar-refractivity contribution < 1.29 is 0 Å². The third kappa shape index (κ3) is 2.81. The minimum atomic E-state index is 0.580. The van der Waals surface area contributed by atoms with Crippen molar-refractivity contribution in [1.29, 1.82) is 0 Å². The molecule has 1 unspecified atom stereocenters. The summed E-state index contributed by atoms with van der Waals surface area (Å²) in [7, 11) is 0. The van der Waals surface area contributed by atoms with Crippen LogP contribution in [-0.2, 0) is 12.8 Å². The monoisotopic (exact) mass is 282 g/mol. The molecule has 0 bridgehead atoms. The fourth-order valence-electron chi connectivity index (χ4n) is 3.15. The van der Waals surface area contributed by atoms with Gasteiger partial charge in [-0.1, -0.05) is 0 Å². The first-order valence-electron chi connectivity index (χ1n) is 7.59. The smallest absolute Gasteiger partial charge is 0.159 e. The van der Waals surface area contributed by atoms with Gasteiger partial charge in [-0.05, 0) is 70.2 Å². The van der Waals surface area contributed by atoms with Crippen LogP contribution >= 0.6 is 0 Å². The molecule has 4 nitrogen and oxygen atoms in total. The number of aryl methyl sites for hydroxylation is 4. The number of hydrogen-bond donors (Lipinski definition) is 1. The first-order chi connectivity index (χ1) is 10.1. The Balaban J connectivity index is 2.04. The minimum Gasteiger partial charge on any atom is -0.330 e. The highest BCUT2D eigenvalue weighted by molar-refractivity contribution is 5.57. The van der Waals surface area contributed by atoms with Crippen LogP contribution in [0.5, 0.6) is 0 Å². The summed E-state index contributed by atoms with van der Waals surface area (Å²) in [6.45, 7) is 6.86. The Kier molecular flexibility index (Phi) is 3.72. The summed E-state index contributed by atoms with van der Waals surface area (Å²) in [6, 6.07) is 4.11. The van der Waals surface area contributed by atoms with Crippen molar-refractivity contribution in [2.24, 2.45) is 11.7 Å². The maximum Gasteiger partial charge on any atom is 0.159 e. The highest BCUT2D eigenvalue weighted by Crippen LogP contribution is 2.28. The standard InChI is InChI=1S/C17H22N4/c1-10-6-14(7-11(2)19-10)17-20-12(3)15-8-13(9-18)4-5-16(15)21-17/h6-7,13H,4-5,8-9,18H2,1-3H3. The average Bonchev–Trinajstić information content (AvgIpc) is 2.46. The minimum absolute atomic E-state index is 0.580. The van der Waals surface area contributed by atoms with Crippen LogP contribution in [0.25, 0.3) is 11.4 Å². The van der Waals surface area contributed by atoms with Crippen molar-refractivity contribution in [3.8, 4) is 11.4 Å². The average molecular weight is 282 g/mol. The molecule has 0 aliphatic heterocycles. The predicted octanol–water partition coefficient (Wildman–Crippen LogP) is 2.53. The second-order valence-corrected chi connectivity index (χ2v) is 6.04. The Hall–Kier alpha value is -1.81. The summed E-state index contributed by atoms with van der Waals surface area (Å²) in [5.41, 5.74) is 12.5. The molecule has 1 aliphatic rings. The van der Waals surface area contributed by atoms with Crippen LogP contribution in [0.4, 0.5) is 0 Å². The molecule has 110 valence electrons. The van der Waals surface area contributed by atoms with Crippen molar-refractivity contribution in [2.45, 2.75) is 40.0 Å². The molecule has 21 heavy (non-hydrogen) atoms. The van der Waals surface area contributed by atoms with Crippen LogP contribution in [0.15, 0.2) is 12.1 Å². The van der Waals surface area contributed by atoms with E-state index in [1.165, 1.54) is 11.3 Å². The number of aromatic nitrogens is 3. The number of nitrogens with two attached hydrogens (primary N) is 1. The van der Waals surface area contributed by atoms with Gasteiger partial charge in [0, 0.05) is 28.3 Å². The number of pyridine rings is 1. The summed E-state index contributed by atoms with van der Waals surface area (Å²) in [4.78, 5) is 14.0. The van der Waals surface area contributed by atoms with Gasteiger partial charge < -0.3 is 5.73 Å². The van der Waals surface area contributed by atoms with Crippen LogP contribution in [-0.4, -0.2) is 21.5 Å². The van der Waals surface area contributed by atoms with Crippen LogP contribution in [0.2, 0.25) is 0 Å². The lowest BCUT2D eigenvalue weighted by Crippen LogP contribution is -2.24. The molecule has 0 spiro atoms. The van der Waals surface area contributed by atoms with Crippen LogP contribution in [0, 0.1) is 26.7 Å². The van der Waals surface area contributed by atoms with Gasteiger partial charge in [-0.2, -0.15) is 0 Å². The number of nitrogens with zero attached hydrogens (tertiary/aromatic N) is 3. The molecule has 0 amide bonds. The number of fused-ring (bicyclic) bond motifs is 1. The summed E-state index contributed by atoms with van der Waals surface area (Å²) < 4.78 is 0. The molecule has 3 rings (SSSR count). The maximum absolute atomic E-state index is 5.82. The molecule has 1 aliphatic carbocycles. The molecule has 0 radical (unpaired) electrons. The zero-order valence-corrected chi connectivity index (χ0v) is 13.0. The molecule has 4 heteroatoms. The molecule has 0 saturated heterocycles. The lowest BCUT2D eigenvalue weighted by Gasteiger charge is -2.24. The van der Waals surface area contributed by atoms with Gasteiger partial charge in [0.1, 0.15) is 0 Å². The molecule has 0 fully saturated rings. The zero-order valence-electron chi connectivity index (χ0n) is 13.0. The van der Waals surface area contributed by atoms with Gasteiger partial charge in [0.05, 0.1) is 0 Å². The predicted molar refractivity (Wildman–Crippen MR) is 84.0 cm³/mol. The van der Waals surface area contributed by atoms with Gasteiger partial charge in [-0.25, -0.2) is 9.97 Å². The van der Waals surface area contributed by atoms with E-state index in [2.05, 4.69) is 24.0 Å². The second kappa shape index (κ2) is 5.53. The van der Waals surface area contributed by atoms with E-state index in [1.54, 1.807) is 0 Å². The summed E-state index contributed by atoms with van der Waals surface area (Å²) in [5.74, 6) is 1.40.